The van der Waals surface area contributed by atoms with Crippen molar-refractivity contribution in [2.45, 2.75) is 32.7 Å². The SMILES string of the molecule is CCOC(=O)CCCCn1c(C(=O)O)cc2ccccc21. The number of esters is 1. The summed E-state index contributed by atoms with van der Waals surface area (Å²) in [6.45, 7) is 2.75. The van der Waals surface area contributed by atoms with Gasteiger partial charge >= 0.3 is 11.9 Å². The highest BCUT2D eigenvalue weighted by Gasteiger charge is 2.14. The van der Waals surface area contributed by atoms with Gasteiger partial charge in [-0.2, -0.15) is 0 Å². The Morgan fingerprint density at radius 2 is 2.00 bits per heavy atom. The number of aromatic carboxylic acids is 1. The van der Waals surface area contributed by atoms with Crippen LogP contribution in [0.5, 0.6) is 0 Å². The van der Waals surface area contributed by atoms with Gasteiger partial charge in [-0.15, -0.1) is 0 Å². The number of hydrogen-bond acceptors (Lipinski definition) is 3. The fourth-order valence-corrected chi connectivity index (χ4v) is 2.40. The van der Waals surface area contributed by atoms with Crippen LogP contribution in [-0.2, 0) is 16.1 Å². The highest BCUT2D eigenvalue weighted by molar-refractivity contribution is 5.94. The second-order valence-corrected chi connectivity index (χ2v) is 4.81. The van der Waals surface area contributed by atoms with Crippen LogP contribution < -0.4 is 0 Å². The van der Waals surface area contributed by atoms with Crippen LogP contribution in [0.25, 0.3) is 10.9 Å². The summed E-state index contributed by atoms with van der Waals surface area (Å²) in [7, 11) is 0. The molecule has 0 atom stereocenters. The number of carboxylic acids is 1. The number of rotatable bonds is 7. The average Bonchev–Trinajstić information content (AvgIpc) is 2.83. The van der Waals surface area contributed by atoms with Crippen molar-refractivity contribution in [1.82, 2.24) is 4.57 Å². The maximum atomic E-state index is 11.3. The summed E-state index contributed by atoms with van der Waals surface area (Å²) < 4.78 is 6.67. The first-order chi connectivity index (χ1) is 10.1. The zero-order valence-corrected chi connectivity index (χ0v) is 12.0. The molecule has 0 saturated carbocycles. The van der Waals surface area contributed by atoms with Gasteiger partial charge < -0.3 is 14.4 Å². The summed E-state index contributed by atoms with van der Waals surface area (Å²) >= 11 is 0. The van der Waals surface area contributed by atoms with Gasteiger partial charge in [-0.05, 0) is 31.9 Å². The van der Waals surface area contributed by atoms with E-state index in [0.29, 0.717) is 26.0 Å². The molecule has 1 aromatic heterocycles. The molecule has 2 rings (SSSR count). The molecule has 1 heterocycles. The van der Waals surface area contributed by atoms with Crippen LogP contribution in [0.3, 0.4) is 0 Å². The molecule has 112 valence electrons. The van der Waals surface area contributed by atoms with E-state index in [1.807, 2.05) is 24.3 Å². The molecule has 0 aliphatic heterocycles. The quantitative estimate of drug-likeness (QED) is 0.628. The molecule has 0 aliphatic rings. The van der Waals surface area contributed by atoms with Crippen molar-refractivity contribution in [1.29, 1.82) is 0 Å². The summed E-state index contributed by atoms with van der Waals surface area (Å²) in [6.07, 6.45) is 1.79. The maximum absolute atomic E-state index is 11.3. The van der Waals surface area contributed by atoms with Crippen LogP contribution in [-0.4, -0.2) is 28.2 Å². The molecule has 1 N–H and O–H groups in total. The number of carbonyl (C=O) groups is 2. The third-order valence-corrected chi connectivity index (χ3v) is 3.35. The van der Waals surface area contributed by atoms with Crippen molar-refractivity contribution in [2.75, 3.05) is 6.61 Å². The van der Waals surface area contributed by atoms with Gasteiger partial charge in [-0.25, -0.2) is 4.79 Å². The number of carboxylic acid groups (broad SMARTS) is 1. The lowest BCUT2D eigenvalue weighted by Gasteiger charge is -2.08. The Morgan fingerprint density at radius 3 is 2.71 bits per heavy atom. The van der Waals surface area contributed by atoms with Gasteiger partial charge in [0.05, 0.1) is 6.61 Å². The third-order valence-electron chi connectivity index (χ3n) is 3.35. The van der Waals surface area contributed by atoms with Gasteiger partial charge in [0, 0.05) is 23.9 Å². The van der Waals surface area contributed by atoms with Crippen molar-refractivity contribution in [3.63, 3.8) is 0 Å². The normalized spacial score (nSPS) is 10.7. The summed E-state index contributed by atoms with van der Waals surface area (Å²) in [5, 5.41) is 10.2. The number of fused-ring (bicyclic) bond motifs is 1. The number of unbranched alkanes of at least 4 members (excludes halogenated alkanes) is 1. The van der Waals surface area contributed by atoms with E-state index in [0.717, 1.165) is 17.3 Å². The van der Waals surface area contributed by atoms with E-state index in [4.69, 9.17) is 4.74 Å². The van der Waals surface area contributed by atoms with E-state index in [-0.39, 0.29) is 11.7 Å². The monoisotopic (exact) mass is 289 g/mol. The first-order valence-corrected chi connectivity index (χ1v) is 7.10. The maximum Gasteiger partial charge on any atom is 0.352 e. The molecule has 0 amide bonds. The Bertz CT molecular complexity index is 645. The molecule has 0 radical (unpaired) electrons. The molecule has 0 saturated heterocycles. The topological polar surface area (TPSA) is 68.5 Å². The average molecular weight is 289 g/mol. The van der Waals surface area contributed by atoms with Crippen molar-refractivity contribution in [3.05, 3.63) is 36.0 Å². The lowest BCUT2D eigenvalue weighted by atomic mass is 10.2. The molecule has 0 unspecified atom stereocenters. The van der Waals surface area contributed by atoms with Gasteiger partial charge in [0.25, 0.3) is 0 Å². The Hall–Kier alpha value is -2.30. The van der Waals surface area contributed by atoms with E-state index >= 15 is 0 Å². The summed E-state index contributed by atoms with van der Waals surface area (Å²) in [5.74, 6) is -1.13. The summed E-state index contributed by atoms with van der Waals surface area (Å²) in [6, 6.07) is 9.27. The number of benzene rings is 1. The lowest BCUT2D eigenvalue weighted by molar-refractivity contribution is -0.143. The van der Waals surface area contributed by atoms with Crippen LogP contribution in [0.15, 0.2) is 30.3 Å². The van der Waals surface area contributed by atoms with Gasteiger partial charge in [-0.3, -0.25) is 4.79 Å². The second-order valence-electron chi connectivity index (χ2n) is 4.81. The Kier molecular flexibility index (Phi) is 4.98. The first-order valence-electron chi connectivity index (χ1n) is 7.10. The molecule has 0 bridgehead atoms. The Balaban J connectivity index is 2.05. The number of aromatic nitrogens is 1. The molecular formula is C16H19NO4. The molecule has 0 spiro atoms. The van der Waals surface area contributed by atoms with Gasteiger partial charge in [0.15, 0.2) is 0 Å². The Labute approximate surface area is 123 Å². The zero-order valence-electron chi connectivity index (χ0n) is 12.0. The minimum Gasteiger partial charge on any atom is -0.477 e. The first kappa shape index (κ1) is 15.1. The fraction of sp³-hybridized carbons (Fsp3) is 0.375. The van der Waals surface area contributed by atoms with Crippen LogP contribution in [0, 0.1) is 0 Å². The lowest BCUT2D eigenvalue weighted by Crippen LogP contribution is -2.09. The number of carbonyl (C=O) groups excluding carboxylic acids is 1. The molecular weight excluding hydrogens is 270 g/mol. The largest absolute Gasteiger partial charge is 0.477 e. The van der Waals surface area contributed by atoms with Gasteiger partial charge in [0.1, 0.15) is 5.69 Å². The van der Waals surface area contributed by atoms with E-state index in [1.165, 1.54) is 0 Å². The minimum absolute atomic E-state index is 0.201. The van der Waals surface area contributed by atoms with E-state index in [9.17, 15) is 14.7 Å². The van der Waals surface area contributed by atoms with Gasteiger partial charge in [-0.1, -0.05) is 18.2 Å². The third kappa shape index (κ3) is 3.62. The zero-order chi connectivity index (χ0) is 15.2. The van der Waals surface area contributed by atoms with Crippen molar-refractivity contribution in [3.8, 4) is 0 Å². The molecule has 2 aromatic rings. The standard InChI is InChI=1S/C16H19NO4/c1-2-21-15(18)9-5-6-10-17-13-8-4-3-7-12(13)11-14(17)16(19)20/h3-4,7-8,11H,2,5-6,9-10H2,1H3,(H,19,20). The van der Waals surface area contributed by atoms with Crippen LogP contribution in [0.4, 0.5) is 0 Å². The van der Waals surface area contributed by atoms with Gasteiger partial charge in [0.2, 0.25) is 0 Å². The highest BCUT2D eigenvalue weighted by Crippen LogP contribution is 2.20. The van der Waals surface area contributed by atoms with Crippen molar-refractivity contribution >= 4 is 22.8 Å². The van der Waals surface area contributed by atoms with Crippen LogP contribution >= 0.6 is 0 Å². The Morgan fingerprint density at radius 1 is 1.24 bits per heavy atom. The van der Waals surface area contributed by atoms with Crippen LogP contribution in [0.2, 0.25) is 0 Å². The molecule has 5 nitrogen and oxygen atoms in total. The molecule has 5 heteroatoms. The predicted octanol–water partition coefficient (Wildman–Crippen LogP) is 3.07. The second kappa shape index (κ2) is 6.92. The number of nitrogens with zero attached hydrogens (tertiary/aromatic N) is 1. The summed E-state index contributed by atoms with van der Waals surface area (Å²) in [4.78, 5) is 22.6. The van der Waals surface area contributed by atoms with Crippen molar-refractivity contribution in [2.24, 2.45) is 0 Å². The highest BCUT2D eigenvalue weighted by atomic mass is 16.5. The van der Waals surface area contributed by atoms with E-state index < -0.39 is 5.97 Å². The van der Waals surface area contributed by atoms with Crippen molar-refractivity contribution < 1.29 is 19.4 Å². The number of ether oxygens (including phenoxy) is 1. The molecule has 21 heavy (non-hydrogen) atoms. The molecule has 1 aromatic carbocycles. The van der Waals surface area contributed by atoms with Crippen LogP contribution in [0.1, 0.15) is 36.7 Å². The number of para-hydroxylation sites is 1. The summed E-state index contributed by atoms with van der Waals surface area (Å²) in [5.41, 5.74) is 1.19. The number of aryl methyl sites for hydroxylation is 1. The van der Waals surface area contributed by atoms with E-state index in [1.54, 1.807) is 17.6 Å². The smallest absolute Gasteiger partial charge is 0.352 e. The molecule has 0 fully saturated rings. The predicted molar refractivity (Wildman–Crippen MR) is 79.4 cm³/mol. The fourth-order valence-electron chi connectivity index (χ4n) is 2.40. The number of hydrogen-bond donors (Lipinski definition) is 1. The minimum atomic E-state index is -0.934. The van der Waals surface area contributed by atoms with E-state index in [2.05, 4.69) is 0 Å². The molecule has 0 aliphatic carbocycles.